The van der Waals surface area contributed by atoms with Gasteiger partial charge in [-0.2, -0.15) is 0 Å². The van der Waals surface area contributed by atoms with E-state index in [4.69, 9.17) is 0 Å². The quantitative estimate of drug-likeness (QED) is 0.800. The standard InChI is InChI=1S/C19H25N3O3/c23-17(10-14-6-4-5-7-14)20-21-19(25)16-11-18(24)22(13-16)12-15-8-2-1-3-9-15/h1-3,8-9,14,16H,4-7,10-13H2,(H,20,23)(H,21,25). The van der Waals surface area contributed by atoms with Crippen LogP contribution in [0, 0.1) is 11.8 Å². The van der Waals surface area contributed by atoms with E-state index in [2.05, 4.69) is 10.9 Å². The first kappa shape index (κ1) is 17.5. The average molecular weight is 343 g/mol. The molecule has 2 N–H and O–H groups in total. The molecule has 3 amide bonds. The molecule has 1 aromatic rings. The second-order valence-electron chi connectivity index (χ2n) is 7.05. The summed E-state index contributed by atoms with van der Waals surface area (Å²) in [5.41, 5.74) is 6.03. The first-order chi connectivity index (χ1) is 12.1. The second-order valence-corrected chi connectivity index (χ2v) is 7.05. The van der Waals surface area contributed by atoms with Crippen LogP contribution in [0.25, 0.3) is 0 Å². The normalized spacial score (nSPS) is 20.7. The maximum Gasteiger partial charge on any atom is 0.243 e. The topological polar surface area (TPSA) is 78.5 Å². The second kappa shape index (κ2) is 8.14. The van der Waals surface area contributed by atoms with E-state index in [1.165, 1.54) is 12.8 Å². The third kappa shape index (κ3) is 4.81. The number of benzene rings is 1. The van der Waals surface area contributed by atoms with E-state index in [9.17, 15) is 14.4 Å². The van der Waals surface area contributed by atoms with Gasteiger partial charge in [-0.15, -0.1) is 0 Å². The molecule has 0 spiro atoms. The van der Waals surface area contributed by atoms with Gasteiger partial charge in [-0.05, 0) is 24.3 Å². The molecule has 6 nitrogen and oxygen atoms in total. The van der Waals surface area contributed by atoms with Crippen LogP contribution >= 0.6 is 0 Å². The predicted molar refractivity (Wildman–Crippen MR) is 92.8 cm³/mol. The van der Waals surface area contributed by atoms with Crippen LogP contribution < -0.4 is 10.9 Å². The largest absolute Gasteiger partial charge is 0.338 e. The van der Waals surface area contributed by atoms with E-state index in [1.54, 1.807) is 4.90 Å². The molecule has 1 aromatic carbocycles. The summed E-state index contributed by atoms with van der Waals surface area (Å²) in [4.78, 5) is 37.9. The fraction of sp³-hybridized carbons (Fsp3) is 0.526. The Hall–Kier alpha value is -2.37. The number of amides is 3. The Balaban J connectivity index is 1.43. The number of carbonyl (C=O) groups is 3. The number of hydrazine groups is 1. The molecule has 1 saturated heterocycles. The first-order valence-corrected chi connectivity index (χ1v) is 9.02. The van der Waals surface area contributed by atoms with Crippen molar-refractivity contribution in [1.82, 2.24) is 15.8 Å². The Kier molecular flexibility index (Phi) is 5.68. The smallest absolute Gasteiger partial charge is 0.243 e. The summed E-state index contributed by atoms with van der Waals surface area (Å²) in [6.07, 6.45) is 5.21. The van der Waals surface area contributed by atoms with Crippen molar-refractivity contribution in [3.63, 3.8) is 0 Å². The van der Waals surface area contributed by atoms with Gasteiger partial charge < -0.3 is 4.90 Å². The lowest BCUT2D eigenvalue weighted by atomic mass is 10.0. The van der Waals surface area contributed by atoms with Crippen LogP contribution in [-0.2, 0) is 20.9 Å². The zero-order chi connectivity index (χ0) is 17.6. The molecule has 2 aliphatic rings. The molecule has 2 fully saturated rings. The van der Waals surface area contributed by atoms with Crippen LogP contribution in [0.15, 0.2) is 30.3 Å². The van der Waals surface area contributed by atoms with Crippen LogP contribution in [0.3, 0.4) is 0 Å². The van der Waals surface area contributed by atoms with Crippen molar-refractivity contribution in [3.8, 4) is 0 Å². The van der Waals surface area contributed by atoms with Crippen LogP contribution in [0.5, 0.6) is 0 Å². The van der Waals surface area contributed by atoms with Gasteiger partial charge in [0.25, 0.3) is 0 Å². The molecule has 1 saturated carbocycles. The molecule has 6 heteroatoms. The molecule has 134 valence electrons. The van der Waals surface area contributed by atoms with Gasteiger partial charge in [0.15, 0.2) is 0 Å². The highest BCUT2D eigenvalue weighted by atomic mass is 16.2. The van der Waals surface area contributed by atoms with Crippen molar-refractivity contribution in [2.45, 2.75) is 45.1 Å². The lowest BCUT2D eigenvalue weighted by molar-refractivity contribution is -0.131. The Labute approximate surface area is 147 Å². The molecule has 1 unspecified atom stereocenters. The van der Waals surface area contributed by atoms with Gasteiger partial charge in [-0.3, -0.25) is 25.2 Å². The van der Waals surface area contributed by atoms with Gasteiger partial charge >= 0.3 is 0 Å². The minimum absolute atomic E-state index is 0.0266. The van der Waals surface area contributed by atoms with Gasteiger partial charge in [0.05, 0.1) is 5.92 Å². The minimum Gasteiger partial charge on any atom is -0.338 e. The molecule has 1 aliphatic carbocycles. The summed E-state index contributed by atoms with van der Waals surface area (Å²) in [7, 11) is 0. The molecule has 1 atom stereocenters. The molecule has 0 bridgehead atoms. The van der Waals surface area contributed by atoms with Crippen molar-refractivity contribution >= 4 is 17.7 Å². The van der Waals surface area contributed by atoms with Crippen molar-refractivity contribution in [1.29, 1.82) is 0 Å². The Morgan fingerprint density at radius 2 is 1.80 bits per heavy atom. The summed E-state index contributed by atoms with van der Waals surface area (Å²) < 4.78 is 0. The maximum atomic E-state index is 12.2. The zero-order valence-electron chi connectivity index (χ0n) is 14.4. The van der Waals surface area contributed by atoms with Crippen molar-refractivity contribution < 1.29 is 14.4 Å². The van der Waals surface area contributed by atoms with Gasteiger partial charge in [-0.1, -0.05) is 43.2 Å². The van der Waals surface area contributed by atoms with Gasteiger partial charge in [-0.25, -0.2) is 0 Å². The number of likely N-dealkylation sites (tertiary alicyclic amines) is 1. The van der Waals surface area contributed by atoms with E-state index in [-0.39, 0.29) is 24.1 Å². The third-order valence-corrected chi connectivity index (χ3v) is 5.08. The summed E-state index contributed by atoms with van der Waals surface area (Å²) in [5.74, 6) is -0.440. The molecule has 1 heterocycles. The Bertz CT molecular complexity index is 626. The highest BCUT2D eigenvalue weighted by Crippen LogP contribution is 2.27. The van der Waals surface area contributed by atoms with Crippen molar-refractivity contribution in [2.75, 3.05) is 6.54 Å². The van der Waals surface area contributed by atoms with Gasteiger partial charge in [0, 0.05) is 25.9 Å². The molecular formula is C19H25N3O3. The molecule has 1 aliphatic heterocycles. The summed E-state index contributed by atoms with van der Waals surface area (Å²) in [6, 6.07) is 9.72. The molecule has 0 radical (unpaired) electrons. The SMILES string of the molecule is O=C(CC1CCCC1)NNC(=O)C1CC(=O)N(Cc2ccccc2)C1. The number of carbonyl (C=O) groups excluding carboxylic acids is 3. The van der Waals surface area contributed by atoms with Gasteiger partial charge in [0.1, 0.15) is 0 Å². The fourth-order valence-electron chi connectivity index (χ4n) is 3.67. The molecule has 25 heavy (non-hydrogen) atoms. The molecular weight excluding hydrogens is 318 g/mol. The predicted octanol–water partition coefficient (Wildman–Crippen LogP) is 1.76. The zero-order valence-corrected chi connectivity index (χ0v) is 14.4. The monoisotopic (exact) mass is 343 g/mol. The van der Waals surface area contributed by atoms with Crippen LogP contribution in [0.4, 0.5) is 0 Å². The fourth-order valence-corrected chi connectivity index (χ4v) is 3.67. The van der Waals surface area contributed by atoms with E-state index < -0.39 is 5.92 Å². The van der Waals surface area contributed by atoms with E-state index in [0.717, 1.165) is 18.4 Å². The van der Waals surface area contributed by atoms with E-state index in [1.807, 2.05) is 30.3 Å². The van der Waals surface area contributed by atoms with Crippen LogP contribution in [0.2, 0.25) is 0 Å². The van der Waals surface area contributed by atoms with Crippen LogP contribution in [-0.4, -0.2) is 29.2 Å². The van der Waals surface area contributed by atoms with Crippen molar-refractivity contribution in [3.05, 3.63) is 35.9 Å². The highest BCUT2D eigenvalue weighted by molar-refractivity contribution is 5.90. The number of hydrogen-bond acceptors (Lipinski definition) is 3. The van der Waals surface area contributed by atoms with E-state index in [0.29, 0.717) is 25.4 Å². The lowest BCUT2D eigenvalue weighted by Gasteiger charge is -2.17. The average Bonchev–Trinajstić information content (AvgIpc) is 3.24. The number of rotatable bonds is 5. The first-order valence-electron chi connectivity index (χ1n) is 9.02. The minimum atomic E-state index is -0.414. The van der Waals surface area contributed by atoms with Crippen molar-refractivity contribution in [2.24, 2.45) is 11.8 Å². The molecule has 3 rings (SSSR count). The molecule has 0 aromatic heterocycles. The number of hydrogen-bond donors (Lipinski definition) is 2. The summed E-state index contributed by atoms with van der Waals surface area (Å²) >= 11 is 0. The number of nitrogens with one attached hydrogen (secondary N) is 2. The highest BCUT2D eigenvalue weighted by Gasteiger charge is 2.34. The van der Waals surface area contributed by atoms with Gasteiger partial charge in [0.2, 0.25) is 17.7 Å². The summed E-state index contributed by atoms with van der Waals surface area (Å²) in [5, 5.41) is 0. The summed E-state index contributed by atoms with van der Waals surface area (Å²) in [6.45, 7) is 0.898. The van der Waals surface area contributed by atoms with Crippen LogP contribution in [0.1, 0.15) is 44.1 Å². The lowest BCUT2D eigenvalue weighted by Crippen LogP contribution is -2.45. The van der Waals surface area contributed by atoms with E-state index >= 15 is 0 Å². The third-order valence-electron chi connectivity index (χ3n) is 5.08. The Morgan fingerprint density at radius 1 is 1.08 bits per heavy atom. The maximum absolute atomic E-state index is 12.2. The Morgan fingerprint density at radius 3 is 2.52 bits per heavy atom. The number of nitrogens with zero attached hydrogens (tertiary/aromatic N) is 1.